The van der Waals surface area contributed by atoms with Crippen LogP contribution in [0.2, 0.25) is 0 Å². The number of carbonyl (C=O) groups excluding carboxylic acids is 1. The molecule has 8 nitrogen and oxygen atoms in total. The summed E-state index contributed by atoms with van der Waals surface area (Å²) in [5, 5.41) is 0. The van der Waals surface area contributed by atoms with Gasteiger partial charge < -0.3 is 9.47 Å². The maximum absolute atomic E-state index is 13.3. The minimum absolute atomic E-state index is 0.0893. The molecule has 2 saturated carbocycles. The van der Waals surface area contributed by atoms with E-state index in [0.29, 0.717) is 43.5 Å². The SMILES string of the molecule is COc1cncc(OC2CCCN(S(=O)(=O)CC34CCC(CC3=O)C4(C)C)C2)n1. The Labute approximate surface area is 172 Å². The van der Waals surface area contributed by atoms with Gasteiger partial charge in [0.1, 0.15) is 11.9 Å². The number of hydrogen-bond acceptors (Lipinski definition) is 7. The van der Waals surface area contributed by atoms with Gasteiger partial charge in [-0.15, -0.1) is 0 Å². The lowest BCUT2D eigenvalue weighted by atomic mass is 9.70. The number of aromatic nitrogens is 2. The van der Waals surface area contributed by atoms with Crippen LogP contribution in [-0.2, 0) is 14.8 Å². The molecule has 2 bridgehead atoms. The van der Waals surface area contributed by atoms with Crippen molar-refractivity contribution in [2.75, 3.05) is 26.0 Å². The first-order valence-corrected chi connectivity index (χ1v) is 11.8. The molecule has 0 N–H and O–H groups in total. The lowest BCUT2D eigenvalue weighted by molar-refractivity contribution is -0.128. The average molecular weight is 424 g/mol. The number of ketones is 1. The molecule has 9 heteroatoms. The number of carbonyl (C=O) groups is 1. The van der Waals surface area contributed by atoms with E-state index in [2.05, 4.69) is 23.8 Å². The lowest BCUT2D eigenvalue weighted by Crippen LogP contribution is -2.50. The van der Waals surface area contributed by atoms with E-state index >= 15 is 0 Å². The summed E-state index contributed by atoms with van der Waals surface area (Å²) < 4.78 is 39.1. The molecule has 1 aromatic heterocycles. The summed E-state index contributed by atoms with van der Waals surface area (Å²) in [7, 11) is -2.08. The molecule has 2 aliphatic carbocycles. The predicted molar refractivity (Wildman–Crippen MR) is 106 cm³/mol. The van der Waals surface area contributed by atoms with Gasteiger partial charge in [-0.3, -0.25) is 9.78 Å². The largest absolute Gasteiger partial charge is 0.480 e. The zero-order valence-electron chi connectivity index (χ0n) is 17.3. The smallest absolute Gasteiger partial charge is 0.235 e. The summed E-state index contributed by atoms with van der Waals surface area (Å²) in [6.07, 6.45) is 6.25. The molecule has 1 aliphatic heterocycles. The Kier molecular flexibility index (Phi) is 5.09. The van der Waals surface area contributed by atoms with E-state index in [1.807, 2.05) is 0 Å². The molecule has 0 aromatic carbocycles. The summed E-state index contributed by atoms with van der Waals surface area (Å²) in [5.41, 5.74) is -1.01. The van der Waals surface area contributed by atoms with Gasteiger partial charge in [0.25, 0.3) is 0 Å². The summed E-state index contributed by atoms with van der Waals surface area (Å²) >= 11 is 0. The van der Waals surface area contributed by atoms with Gasteiger partial charge in [-0.05, 0) is 37.0 Å². The number of rotatable bonds is 6. The van der Waals surface area contributed by atoms with Crippen molar-refractivity contribution in [1.29, 1.82) is 0 Å². The Balaban J connectivity index is 1.48. The summed E-state index contributed by atoms with van der Waals surface area (Å²) in [5.74, 6) is 0.999. The molecule has 2 heterocycles. The van der Waals surface area contributed by atoms with Crippen molar-refractivity contribution in [3.05, 3.63) is 12.4 Å². The molecule has 3 atom stereocenters. The number of fused-ring (bicyclic) bond motifs is 2. The normalized spacial score (nSPS) is 31.8. The van der Waals surface area contributed by atoms with E-state index in [1.165, 1.54) is 23.8 Å². The van der Waals surface area contributed by atoms with Crippen molar-refractivity contribution >= 4 is 15.8 Å². The molecule has 3 aliphatic rings. The number of methoxy groups -OCH3 is 1. The fourth-order valence-corrected chi connectivity index (χ4v) is 7.71. The second kappa shape index (κ2) is 7.19. The van der Waals surface area contributed by atoms with E-state index < -0.39 is 15.4 Å². The van der Waals surface area contributed by atoms with Crippen LogP contribution in [0.1, 0.15) is 46.0 Å². The molecule has 0 spiro atoms. The van der Waals surface area contributed by atoms with Crippen LogP contribution < -0.4 is 9.47 Å². The molecule has 1 aromatic rings. The van der Waals surface area contributed by atoms with Gasteiger partial charge in [0.05, 0.1) is 31.8 Å². The Morgan fingerprint density at radius 3 is 2.66 bits per heavy atom. The predicted octanol–water partition coefficient (Wildman–Crippen LogP) is 2.05. The summed E-state index contributed by atoms with van der Waals surface area (Å²) in [4.78, 5) is 21.0. The Morgan fingerprint density at radius 2 is 2.00 bits per heavy atom. The van der Waals surface area contributed by atoms with Crippen molar-refractivity contribution in [2.24, 2.45) is 16.7 Å². The zero-order valence-corrected chi connectivity index (χ0v) is 18.1. The number of sulfonamides is 1. The fourth-order valence-electron chi connectivity index (χ4n) is 5.42. The monoisotopic (exact) mass is 423 g/mol. The third kappa shape index (κ3) is 3.42. The van der Waals surface area contributed by atoms with Gasteiger partial charge in [0.15, 0.2) is 0 Å². The second-order valence-electron chi connectivity index (χ2n) is 9.06. The van der Waals surface area contributed by atoms with E-state index in [0.717, 1.165) is 12.8 Å². The third-order valence-corrected chi connectivity index (χ3v) is 9.37. The molecule has 160 valence electrons. The molecule has 4 rings (SSSR count). The number of nitrogens with zero attached hydrogens (tertiary/aromatic N) is 3. The molecular weight excluding hydrogens is 394 g/mol. The topological polar surface area (TPSA) is 98.7 Å². The van der Waals surface area contributed by atoms with E-state index in [1.54, 1.807) is 0 Å². The minimum Gasteiger partial charge on any atom is -0.480 e. The van der Waals surface area contributed by atoms with Crippen LogP contribution in [0.25, 0.3) is 0 Å². The van der Waals surface area contributed by atoms with Crippen LogP contribution in [0.4, 0.5) is 0 Å². The van der Waals surface area contributed by atoms with E-state index in [4.69, 9.17) is 9.47 Å². The van der Waals surface area contributed by atoms with E-state index in [-0.39, 0.29) is 29.6 Å². The van der Waals surface area contributed by atoms with E-state index in [9.17, 15) is 13.2 Å². The highest BCUT2D eigenvalue weighted by Gasteiger charge is 2.65. The van der Waals surface area contributed by atoms with Crippen LogP contribution in [0.3, 0.4) is 0 Å². The summed E-state index contributed by atoms with van der Waals surface area (Å²) in [6.45, 7) is 4.85. The lowest BCUT2D eigenvalue weighted by Gasteiger charge is -2.39. The van der Waals surface area contributed by atoms with Gasteiger partial charge in [0, 0.05) is 18.4 Å². The first-order chi connectivity index (χ1) is 13.7. The first-order valence-electron chi connectivity index (χ1n) is 10.2. The summed E-state index contributed by atoms with van der Waals surface area (Å²) in [6, 6.07) is 0. The highest BCUT2D eigenvalue weighted by Crippen LogP contribution is 2.64. The standard InChI is InChI=1S/C20H29N3O5S/c1-19(2)14-6-7-20(19,16(24)9-14)13-29(25,26)23-8-4-5-15(12-23)28-18-11-21-10-17(22-18)27-3/h10-11,14-15H,4-9,12-13H2,1-3H3. The molecule has 0 radical (unpaired) electrons. The quantitative estimate of drug-likeness (QED) is 0.690. The van der Waals surface area contributed by atoms with Crippen molar-refractivity contribution in [3.8, 4) is 11.8 Å². The van der Waals surface area contributed by atoms with Crippen LogP contribution in [0.5, 0.6) is 11.8 Å². The molecule has 3 unspecified atom stereocenters. The van der Waals surface area contributed by atoms with Crippen molar-refractivity contribution in [3.63, 3.8) is 0 Å². The van der Waals surface area contributed by atoms with Gasteiger partial charge in [-0.2, -0.15) is 9.29 Å². The maximum Gasteiger partial charge on any atom is 0.235 e. The average Bonchev–Trinajstić information content (AvgIpc) is 3.02. The third-order valence-electron chi connectivity index (χ3n) is 7.39. The molecule has 29 heavy (non-hydrogen) atoms. The maximum atomic E-state index is 13.3. The number of hydrogen-bond donors (Lipinski definition) is 0. The van der Waals surface area contributed by atoms with Gasteiger partial charge in [-0.25, -0.2) is 8.42 Å². The Hall–Kier alpha value is -1.74. The van der Waals surface area contributed by atoms with Gasteiger partial charge in [0.2, 0.25) is 21.8 Å². The van der Waals surface area contributed by atoms with Crippen molar-refractivity contribution in [1.82, 2.24) is 14.3 Å². The highest BCUT2D eigenvalue weighted by molar-refractivity contribution is 7.89. The fraction of sp³-hybridized carbons (Fsp3) is 0.750. The minimum atomic E-state index is -3.58. The first kappa shape index (κ1) is 20.5. The Morgan fingerprint density at radius 1 is 1.24 bits per heavy atom. The second-order valence-corrected chi connectivity index (χ2v) is 11.0. The Bertz CT molecular complexity index is 903. The molecule has 0 amide bonds. The van der Waals surface area contributed by atoms with Crippen LogP contribution in [-0.4, -0.2) is 60.5 Å². The van der Waals surface area contributed by atoms with Crippen LogP contribution >= 0.6 is 0 Å². The van der Waals surface area contributed by atoms with Gasteiger partial charge >= 0.3 is 0 Å². The zero-order chi connectivity index (χ0) is 20.9. The molecular formula is C20H29N3O5S. The van der Waals surface area contributed by atoms with Gasteiger partial charge in [-0.1, -0.05) is 13.8 Å². The van der Waals surface area contributed by atoms with Crippen LogP contribution in [0, 0.1) is 16.7 Å². The number of Topliss-reactive ketones (excluding diaryl/α,β-unsaturated/α-hetero) is 1. The van der Waals surface area contributed by atoms with Crippen LogP contribution in [0.15, 0.2) is 12.4 Å². The number of ether oxygens (including phenoxy) is 2. The van der Waals surface area contributed by atoms with Crippen molar-refractivity contribution in [2.45, 2.75) is 52.1 Å². The molecule has 3 fully saturated rings. The van der Waals surface area contributed by atoms with Crippen molar-refractivity contribution < 1.29 is 22.7 Å². The highest BCUT2D eigenvalue weighted by atomic mass is 32.2. The molecule has 1 saturated heterocycles. The number of piperidine rings is 1.